The molecule has 0 spiro atoms. The zero-order valence-corrected chi connectivity index (χ0v) is 19.1. The SMILES string of the molecule is Cc1nn(-c2cc(Oc3ccc(NS(=O)(=O)Cc4cccc(F)c4)cc3)ncn2)c(C)c1C. The summed E-state index contributed by atoms with van der Waals surface area (Å²) in [5.41, 5.74) is 3.71. The highest BCUT2D eigenvalue weighted by atomic mass is 32.2. The molecule has 2 aromatic carbocycles. The van der Waals surface area contributed by atoms with E-state index in [0.29, 0.717) is 28.7 Å². The number of sulfonamides is 1. The van der Waals surface area contributed by atoms with Gasteiger partial charge in [-0.3, -0.25) is 4.72 Å². The maximum absolute atomic E-state index is 13.3. The van der Waals surface area contributed by atoms with Gasteiger partial charge in [-0.1, -0.05) is 12.1 Å². The van der Waals surface area contributed by atoms with Gasteiger partial charge in [0.05, 0.1) is 11.4 Å². The van der Waals surface area contributed by atoms with Crippen LogP contribution in [0.1, 0.15) is 22.5 Å². The van der Waals surface area contributed by atoms with E-state index in [4.69, 9.17) is 4.74 Å². The first-order chi connectivity index (χ1) is 15.7. The van der Waals surface area contributed by atoms with Gasteiger partial charge in [-0.25, -0.2) is 27.5 Å². The molecule has 0 radical (unpaired) electrons. The molecule has 0 saturated heterocycles. The minimum Gasteiger partial charge on any atom is -0.439 e. The Morgan fingerprint density at radius 2 is 1.79 bits per heavy atom. The predicted octanol–water partition coefficient (Wildman–Crippen LogP) is 4.46. The number of rotatable bonds is 7. The second-order valence-corrected chi connectivity index (χ2v) is 9.26. The molecule has 0 fully saturated rings. The lowest BCUT2D eigenvalue weighted by atomic mass is 10.2. The van der Waals surface area contributed by atoms with Crippen molar-refractivity contribution in [2.24, 2.45) is 0 Å². The molecule has 10 heteroatoms. The number of benzene rings is 2. The van der Waals surface area contributed by atoms with Crippen molar-refractivity contribution in [3.63, 3.8) is 0 Å². The Hall–Kier alpha value is -3.79. The van der Waals surface area contributed by atoms with Crippen LogP contribution >= 0.6 is 0 Å². The highest BCUT2D eigenvalue weighted by Crippen LogP contribution is 2.24. The molecule has 1 N–H and O–H groups in total. The molecule has 0 saturated carbocycles. The first-order valence-electron chi connectivity index (χ1n) is 10.1. The third kappa shape index (κ3) is 5.35. The number of anilines is 1. The Morgan fingerprint density at radius 1 is 1.03 bits per heavy atom. The van der Waals surface area contributed by atoms with E-state index in [1.165, 1.54) is 24.5 Å². The molecule has 0 amide bonds. The van der Waals surface area contributed by atoms with E-state index < -0.39 is 15.8 Å². The Balaban J connectivity index is 1.45. The average molecular weight is 468 g/mol. The maximum atomic E-state index is 13.3. The van der Waals surface area contributed by atoms with Crippen molar-refractivity contribution >= 4 is 15.7 Å². The van der Waals surface area contributed by atoms with Gasteiger partial charge < -0.3 is 4.74 Å². The lowest BCUT2D eigenvalue weighted by molar-refractivity contribution is 0.460. The van der Waals surface area contributed by atoms with Crippen LogP contribution in [0, 0.1) is 26.6 Å². The number of hydrogen-bond donors (Lipinski definition) is 1. The van der Waals surface area contributed by atoms with E-state index >= 15 is 0 Å². The molecular formula is C23H22FN5O3S. The van der Waals surface area contributed by atoms with Gasteiger partial charge in [-0.15, -0.1) is 0 Å². The highest BCUT2D eigenvalue weighted by Gasteiger charge is 2.14. The molecular weight excluding hydrogens is 445 g/mol. The number of hydrogen-bond acceptors (Lipinski definition) is 6. The first-order valence-corrected chi connectivity index (χ1v) is 11.7. The zero-order valence-electron chi connectivity index (χ0n) is 18.3. The van der Waals surface area contributed by atoms with E-state index in [-0.39, 0.29) is 5.75 Å². The monoisotopic (exact) mass is 467 g/mol. The quantitative estimate of drug-likeness (QED) is 0.431. The van der Waals surface area contributed by atoms with Gasteiger partial charge in [-0.2, -0.15) is 5.10 Å². The van der Waals surface area contributed by atoms with Gasteiger partial charge >= 0.3 is 0 Å². The fourth-order valence-electron chi connectivity index (χ4n) is 3.22. The average Bonchev–Trinajstić information content (AvgIpc) is 3.02. The molecule has 0 aliphatic rings. The Bertz CT molecular complexity index is 1400. The van der Waals surface area contributed by atoms with E-state index in [1.54, 1.807) is 41.1 Å². The number of aryl methyl sites for hydroxylation is 1. The van der Waals surface area contributed by atoms with E-state index in [2.05, 4.69) is 19.8 Å². The second-order valence-electron chi connectivity index (χ2n) is 7.54. The number of nitrogens with one attached hydrogen (secondary N) is 1. The fraction of sp³-hybridized carbons (Fsp3) is 0.174. The molecule has 0 atom stereocenters. The Kier molecular flexibility index (Phi) is 6.10. The number of ether oxygens (including phenoxy) is 1. The zero-order chi connectivity index (χ0) is 23.6. The normalized spacial score (nSPS) is 11.4. The van der Waals surface area contributed by atoms with Crippen molar-refractivity contribution in [1.29, 1.82) is 0 Å². The molecule has 0 unspecified atom stereocenters. The van der Waals surface area contributed by atoms with Crippen molar-refractivity contribution in [2.45, 2.75) is 26.5 Å². The van der Waals surface area contributed by atoms with E-state index in [9.17, 15) is 12.8 Å². The maximum Gasteiger partial charge on any atom is 0.236 e. The largest absolute Gasteiger partial charge is 0.439 e. The van der Waals surface area contributed by atoms with Gasteiger partial charge in [0.15, 0.2) is 5.82 Å². The molecule has 8 nitrogen and oxygen atoms in total. The van der Waals surface area contributed by atoms with Crippen LogP contribution in [-0.2, 0) is 15.8 Å². The standard InChI is InChI=1S/C23H22FN5O3S/c1-15-16(2)27-29(17(15)3)22-12-23(26-14-25-22)32-21-9-7-20(8-10-21)28-33(30,31)13-18-5-4-6-19(24)11-18/h4-12,14,28H,13H2,1-3H3. The van der Waals surface area contributed by atoms with Crippen LogP contribution in [0.25, 0.3) is 5.82 Å². The lowest BCUT2D eigenvalue weighted by Crippen LogP contribution is -2.15. The molecule has 0 bridgehead atoms. The molecule has 0 aliphatic carbocycles. The molecule has 2 aromatic heterocycles. The smallest absolute Gasteiger partial charge is 0.236 e. The fourth-order valence-corrected chi connectivity index (χ4v) is 4.40. The van der Waals surface area contributed by atoms with Crippen molar-refractivity contribution in [2.75, 3.05) is 4.72 Å². The van der Waals surface area contributed by atoms with E-state index in [0.717, 1.165) is 17.0 Å². The van der Waals surface area contributed by atoms with Crippen molar-refractivity contribution < 1.29 is 17.5 Å². The summed E-state index contributed by atoms with van der Waals surface area (Å²) in [5.74, 6) is 0.556. The summed E-state index contributed by atoms with van der Waals surface area (Å²) < 4.78 is 48.1. The summed E-state index contributed by atoms with van der Waals surface area (Å²) in [7, 11) is -3.71. The summed E-state index contributed by atoms with van der Waals surface area (Å²) in [6, 6.07) is 13.6. The summed E-state index contributed by atoms with van der Waals surface area (Å²) >= 11 is 0. The van der Waals surface area contributed by atoms with Crippen LogP contribution in [-0.4, -0.2) is 28.2 Å². The van der Waals surface area contributed by atoms with Crippen LogP contribution in [0.3, 0.4) is 0 Å². The number of aromatic nitrogens is 4. The third-order valence-corrected chi connectivity index (χ3v) is 6.35. The van der Waals surface area contributed by atoms with Crippen molar-refractivity contribution in [3.05, 3.63) is 89.3 Å². The minimum atomic E-state index is -3.71. The van der Waals surface area contributed by atoms with Gasteiger partial charge in [-0.05, 0) is 68.3 Å². The number of nitrogens with zero attached hydrogens (tertiary/aromatic N) is 4. The van der Waals surface area contributed by atoms with Gasteiger partial charge in [0.1, 0.15) is 17.9 Å². The Labute approximate surface area is 191 Å². The van der Waals surface area contributed by atoms with Gasteiger partial charge in [0, 0.05) is 17.4 Å². The van der Waals surface area contributed by atoms with E-state index in [1.807, 2.05) is 20.8 Å². The lowest BCUT2D eigenvalue weighted by Gasteiger charge is -2.10. The molecule has 2 heterocycles. The minimum absolute atomic E-state index is 0.324. The first kappa shape index (κ1) is 22.4. The molecule has 4 rings (SSSR count). The summed E-state index contributed by atoms with van der Waals surface area (Å²) in [5, 5.41) is 4.49. The van der Waals surface area contributed by atoms with Crippen LogP contribution < -0.4 is 9.46 Å². The molecule has 4 aromatic rings. The predicted molar refractivity (Wildman–Crippen MR) is 123 cm³/mol. The second kappa shape index (κ2) is 8.99. The summed E-state index contributed by atoms with van der Waals surface area (Å²) in [6.45, 7) is 5.90. The third-order valence-electron chi connectivity index (χ3n) is 5.09. The van der Waals surface area contributed by atoms with Crippen LogP contribution in [0.15, 0.2) is 60.9 Å². The van der Waals surface area contributed by atoms with Crippen molar-refractivity contribution in [1.82, 2.24) is 19.7 Å². The topological polar surface area (TPSA) is 99.0 Å². The molecule has 170 valence electrons. The Morgan fingerprint density at radius 3 is 2.45 bits per heavy atom. The van der Waals surface area contributed by atoms with Crippen LogP contribution in [0.5, 0.6) is 11.6 Å². The van der Waals surface area contributed by atoms with Crippen LogP contribution in [0.2, 0.25) is 0 Å². The van der Waals surface area contributed by atoms with Crippen molar-refractivity contribution in [3.8, 4) is 17.4 Å². The molecule has 33 heavy (non-hydrogen) atoms. The number of halogens is 1. The van der Waals surface area contributed by atoms with Gasteiger partial charge in [0.25, 0.3) is 0 Å². The summed E-state index contributed by atoms with van der Waals surface area (Å²) in [6.07, 6.45) is 1.39. The van der Waals surface area contributed by atoms with Crippen LogP contribution in [0.4, 0.5) is 10.1 Å². The highest BCUT2D eigenvalue weighted by molar-refractivity contribution is 7.91. The van der Waals surface area contributed by atoms with Gasteiger partial charge in [0.2, 0.25) is 15.9 Å². The summed E-state index contributed by atoms with van der Waals surface area (Å²) in [4.78, 5) is 8.41. The molecule has 0 aliphatic heterocycles.